The lowest BCUT2D eigenvalue weighted by molar-refractivity contribution is 0.174. The third-order valence-corrected chi connectivity index (χ3v) is 4.63. The Morgan fingerprint density at radius 2 is 2.00 bits per heavy atom. The third-order valence-electron chi connectivity index (χ3n) is 4.28. The third kappa shape index (κ3) is 2.23. The molecule has 2 heterocycles. The topological polar surface area (TPSA) is 56.2 Å². The smallest absolute Gasteiger partial charge is 0.327 e. The standard InChI is InChI=1S/C16H16N2O3S/c19-16-17-15(22)11-3-1-2-4-12(11)18(16)8-10-5-6-13-14(7-10)21-9-20-13/h5-7H,1-4,8-9H2,(H,17,19,22). The van der Waals surface area contributed by atoms with Crippen LogP contribution in [0.3, 0.4) is 0 Å². The second-order valence-corrected chi connectivity index (χ2v) is 6.07. The highest BCUT2D eigenvalue weighted by atomic mass is 32.1. The van der Waals surface area contributed by atoms with Crippen molar-refractivity contribution < 1.29 is 9.47 Å². The molecule has 1 aromatic heterocycles. The summed E-state index contributed by atoms with van der Waals surface area (Å²) in [5.74, 6) is 1.49. The van der Waals surface area contributed by atoms with Crippen molar-refractivity contribution in [2.45, 2.75) is 32.2 Å². The van der Waals surface area contributed by atoms with Gasteiger partial charge in [0, 0.05) is 11.3 Å². The van der Waals surface area contributed by atoms with Crippen LogP contribution in [0.1, 0.15) is 29.7 Å². The first-order chi connectivity index (χ1) is 10.7. The Hall–Kier alpha value is -2.08. The van der Waals surface area contributed by atoms with E-state index >= 15 is 0 Å². The molecule has 0 saturated carbocycles. The van der Waals surface area contributed by atoms with Crippen molar-refractivity contribution in [3.8, 4) is 11.5 Å². The Balaban J connectivity index is 1.77. The zero-order valence-electron chi connectivity index (χ0n) is 12.1. The molecule has 0 fully saturated rings. The van der Waals surface area contributed by atoms with Crippen LogP contribution in [-0.2, 0) is 19.4 Å². The molecule has 4 rings (SSSR count). The summed E-state index contributed by atoms with van der Waals surface area (Å²) in [5, 5.41) is 0. The Labute approximate surface area is 132 Å². The molecule has 0 unspecified atom stereocenters. The maximum absolute atomic E-state index is 12.3. The summed E-state index contributed by atoms with van der Waals surface area (Å²) in [6.07, 6.45) is 4.10. The number of fused-ring (bicyclic) bond motifs is 2. The molecule has 0 amide bonds. The molecule has 1 aliphatic carbocycles. The van der Waals surface area contributed by atoms with E-state index < -0.39 is 0 Å². The predicted octanol–water partition coefficient (Wildman–Crippen LogP) is 2.56. The van der Waals surface area contributed by atoms with Crippen LogP contribution in [0.25, 0.3) is 0 Å². The van der Waals surface area contributed by atoms with Gasteiger partial charge in [-0.25, -0.2) is 4.79 Å². The molecule has 0 atom stereocenters. The summed E-state index contributed by atoms with van der Waals surface area (Å²) < 4.78 is 13.1. The average Bonchev–Trinajstić information content (AvgIpc) is 2.99. The normalized spacial score (nSPS) is 15.6. The van der Waals surface area contributed by atoms with Gasteiger partial charge in [0.05, 0.1) is 6.54 Å². The zero-order valence-corrected chi connectivity index (χ0v) is 12.9. The zero-order chi connectivity index (χ0) is 15.1. The Kier molecular flexibility index (Phi) is 3.26. The SMILES string of the molecule is O=c1[nH]c(=S)c2c(n1Cc1ccc3c(c1)OCO3)CCCC2. The highest BCUT2D eigenvalue weighted by Gasteiger charge is 2.18. The lowest BCUT2D eigenvalue weighted by Crippen LogP contribution is -2.30. The maximum atomic E-state index is 12.3. The first kappa shape index (κ1) is 13.6. The van der Waals surface area contributed by atoms with Crippen LogP contribution in [0, 0.1) is 4.64 Å². The largest absolute Gasteiger partial charge is 0.454 e. The van der Waals surface area contributed by atoms with E-state index in [0.29, 0.717) is 11.2 Å². The number of hydrogen-bond acceptors (Lipinski definition) is 4. The number of ether oxygens (including phenoxy) is 2. The second-order valence-electron chi connectivity index (χ2n) is 5.67. The fourth-order valence-electron chi connectivity index (χ4n) is 3.18. The number of benzene rings is 1. The van der Waals surface area contributed by atoms with E-state index in [2.05, 4.69) is 4.98 Å². The van der Waals surface area contributed by atoms with Crippen molar-refractivity contribution in [1.29, 1.82) is 0 Å². The van der Waals surface area contributed by atoms with E-state index in [-0.39, 0.29) is 12.5 Å². The quantitative estimate of drug-likeness (QED) is 0.865. The number of aromatic nitrogens is 2. The van der Waals surface area contributed by atoms with Crippen LogP contribution in [0.5, 0.6) is 11.5 Å². The molecule has 0 radical (unpaired) electrons. The molecule has 1 aromatic carbocycles. The number of rotatable bonds is 2. The summed E-state index contributed by atoms with van der Waals surface area (Å²) >= 11 is 5.31. The van der Waals surface area contributed by atoms with Gasteiger partial charge in [0.15, 0.2) is 11.5 Å². The molecule has 6 heteroatoms. The van der Waals surface area contributed by atoms with E-state index in [1.54, 1.807) is 0 Å². The molecule has 0 bridgehead atoms. The van der Waals surface area contributed by atoms with Crippen molar-refractivity contribution in [1.82, 2.24) is 9.55 Å². The molecule has 1 N–H and O–H groups in total. The monoisotopic (exact) mass is 316 g/mol. The summed E-state index contributed by atoms with van der Waals surface area (Å²) in [5.41, 5.74) is 3.09. The molecule has 0 saturated heterocycles. The van der Waals surface area contributed by atoms with E-state index in [4.69, 9.17) is 21.7 Å². The summed E-state index contributed by atoms with van der Waals surface area (Å²) in [4.78, 5) is 15.1. The van der Waals surface area contributed by atoms with E-state index in [0.717, 1.165) is 54.0 Å². The average molecular weight is 316 g/mol. The van der Waals surface area contributed by atoms with Gasteiger partial charge in [-0.1, -0.05) is 18.3 Å². The van der Waals surface area contributed by atoms with Gasteiger partial charge in [-0.3, -0.25) is 9.55 Å². The highest BCUT2D eigenvalue weighted by Crippen LogP contribution is 2.32. The number of aromatic amines is 1. The minimum Gasteiger partial charge on any atom is -0.454 e. The van der Waals surface area contributed by atoms with Gasteiger partial charge in [0.2, 0.25) is 6.79 Å². The van der Waals surface area contributed by atoms with Crippen molar-refractivity contribution in [2.24, 2.45) is 0 Å². The fourth-order valence-corrected chi connectivity index (χ4v) is 3.49. The Morgan fingerprint density at radius 1 is 1.18 bits per heavy atom. The first-order valence-electron chi connectivity index (χ1n) is 7.46. The van der Waals surface area contributed by atoms with E-state index in [9.17, 15) is 4.79 Å². The van der Waals surface area contributed by atoms with Gasteiger partial charge in [0.25, 0.3) is 0 Å². The highest BCUT2D eigenvalue weighted by molar-refractivity contribution is 7.71. The van der Waals surface area contributed by atoms with Gasteiger partial charge in [-0.05, 0) is 43.4 Å². The predicted molar refractivity (Wildman–Crippen MR) is 84.2 cm³/mol. The lowest BCUT2D eigenvalue weighted by atomic mass is 9.97. The summed E-state index contributed by atoms with van der Waals surface area (Å²) in [6.45, 7) is 0.774. The lowest BCUT2D eigenvalue weighted by Gasteiger charge is -2.20. The van der Waals surface area contributed by atoms with Crippen LogP contribution in [0.4, 0.5) is 0 Å². The van der Waals surface area contributed by atoms with Crippen LogP contribution in [0.2, 0.25) is 0 Å². The minimum absolute atomic E-state index is 0.136. The number of hydrogen-bond donors (Lipinski definition) is 1. The van der Waals surface area contributed by atoms with Gasteiger partial charge in [-0.15, -0.1) is 0 Å². The van der Waals surface area contributed by atoms with Crippen LogP contribution < -0.4 is 15.2 Å². The molecule has 1 aliphatic heterocycles. The molecule has 5 nitrogen and oxygen atoms in total. The van der Waals surface area contributed by atoms with Gasteiger partial charge < -0.3 is 9.47 Å². The summed E-state index contributed by atoms with van der Waals surface area (Å²) in [6, 6.07) is 5.79. The molecule has 114 valence electrons. The van der Waals surface area contributed by atoms with Crippen LogP contribution in [0.15, 0.2) is 23.0 Å². The Bertz CT molecular complexity index is 853. The molecule has 22 heavy (non-hydrogen) atoms. The Morgan fingerprint density at radius 3 is 2.91 bits per heavy atom. The van der Waals surface area contributed by atoms with E-state index in [1.807, 2.05) is 22.8 Å². The van der Waals surface area contributed by atoms with Crippen LogP contribution in [-0.4, -0.2) is 16.3 Å². The minimum atomic E-state index is -0.136. The number of nitrogens with zero attached hydrogens (tertiary/aromatic N) is 1. The van der Waals surface area contributed by atoms with Crippen molar-refractivity contribution in [3.63, 3.8) is 0 Å². The molecular weight excluding hydrogens is 300 g/mol. The number of nitrogens with one attached hydrogen (secondary N) is 1. The van der Waals surface area contributed by atoms with Gasteiger partial charge in [0.1, 0.15) is 4.64 Å². The van der Waals surface area contributed by atoms with Crippen molar-refractivity contribution in [3.05, 3.63) is 50.1 Å². The number of H-pyrrole nitrogens is 1. The van der Waals surface area contributed by atoms with E-state index in [1.165, 1.54) is 0 Å². The van der Waals surface area contributed by atoms with Crippen molar-refractivity contribution in [2.75, 3.05) is 6.79 Å². The van der Waals surface area contributed by atoms with Gasteiger partial charge in [-0.2, -0.15) is 0 Å². The first-order valence-corrected chi connectivity index (χ1v) is 7.86. The maximum Gasteiger partial charge on any atom is 0.327 e. The second kappa shape index (κ2) is 5.28. The molecular formula is C16H16N2O3S. The fraction of sp³-hybridized carbons (Fsp3) is 0.375. The van der Waals surface area contributed by atoms with Crippen LogP contribution >= 0.6 is 12.2 Å². The van der Waals surface area contributed by atoms with Gasteiger partial charge >= 0.3 is 5.69 Å². The summed E-state index contributed by atoms with van der Waals surface area (Å²) in [7, 11) is 0. The van der Waals surface area contributed by atoms with Crippen molar-refractivity contribution >= 4 is 12.2 Å². The molecule has 2 aliphatic rings. The molecule has 0 spiro atoms. The molecule has 2 aromatic rings.